The zero-order valence-corrected chi connectivity index (χ0v) is 16.6. The van der Waals surface area contributed by atoms with Crippen LogP contribution in [0.4, 0.5) is 0 Å². The summed E-state index contributed by atoms with van der Waals surface area (Å²) in [5, 5.41) is 10.8. The van der Waals surface area contributed by atoms with Crippen molar-refractivity contribution in [1.29, 1.82) is 0 Å². The molecule has 2 aromatic carbocycles. The Labute approximate surface area is 173 Å². The molecule has 0 fully saturated rings. The van der Waals surface area contributed by atoms with Crippen LogP contribution in [0.2, 0.25) is 0 Å². The SMILES string of the molecule is COC(=O)c1c(O)c2ccc(-c3cccc(Cc4ccccc4)c3)nc2n(C)c1=O. The Morgan fingerprint density at radius 2 is 1.77 bits per heavy atom. The van der Waals surface area contributed by atoms with E-state index in [0.29, 0.717) is 11.1 Å². The van der Waals surface area contributed by atoms with E-state index in [4.69, 9.17) is 0 Å². The predicted octanol–water partition coefficient (Wildman–Crippen LogP) is 3.68. The number of nitrogens with zero attached hydrogens (tertiary/aromatic N) is 2. The molecule has 2 heterocycles. The largest absolute Gasteiger partial charge is 0.506 e. The van der Waals surface area contributed by atoms with Gasteiger partial charge in [0.1, 0.15) is 11.4 Å². The van der Waals surface area contributed by atoms with E-state index in [-0.39, 0.29) is 5.65 Å². The summed E-state index contributed by atoms with van der Waals surface area (Å²) in [7, 11) is 2.67. The molecule has 0 amide bonds. The maximum Gasteiger partial charge on any atom is 0.347 e. The van der Waals surface area contributed by atoms with Crippen molar-refractivity contribution in [3.05, 3.63) is 93.8 Å². The summed E-state index contributed by atoms with van der Waals surface area (Å²) in [5.41, 5.74) is 3.14. The Balaban J connectivity index is 1.79. The van der Waals surface area contributed by atoms with Crippen molar-refractivity contribution < 1.29 is 14.6 Å². The van der Waals surface area contributed by atoms with Crippen molar-refractivity contribution in [2.45, 2.75) is 6.42 Å². The average Bonchev–Trinajstić information content (AvgIpc) is 2.78. The van der Waals surface area contributed by atoms with Gasteiger partial charge in [0, 0.05) is 12.6 Å². The highest BCUT2D eigenvalue weighted by Crippen LogP contribution is 2.28. The number of carbonyl (C=O) groups is 1. The van der Waals surface area contributed by atoms with Crippen molar-refractivity contribution in [3.63, 3.8) is 0 Å². The molecular weight excluding hydrogens is 380 g/mol. The van der Waals surface area contributed by atoms with Gasteiger partial charge in [0.05, 0.1) is 18.2 Å². The summed E-state index contributed by atoms with van der Waals surface area (Å²) in [5.74, 6) is -1.30. The molecule has 0 unspecified atom stereocenters. The van der Waals surface area contributed by atoms with Gasteiger partial charge in [0.2, 0.25) is 0 Å². The van der Waals surface area contributed by atoms with E-state index in [0.717, 1.165) is 24.7 Å². The minimum Gasteiger partial charge on any atom is -0.506 e. The number of ether oxygens (including phenoxy) is 1. The molecule has 0 aliphatic rings. The lowest BCUT2D eigenvalue weighted by atomic mass is 10.0. The predicted molar refractivity (Wildman–Crippen MR) is 115 cm³/mol. The molecule has 0 atom stereocenters. The lowest BCUT2D eigenvalue weighted by Crippen LogP contribution is -2.26. The van der Waals surface area contributed by atoms with Gasteiger partial charge in [0.25, 0.3) is 5.56 Å². The van der Waals surface area contributed by atoms with Gasteiger partial charge in [-0.05, 0) is 35.7 Å². The number of methoxy groups -OCH3 is 1. The highest BCUT2D eigenvalue weighted by Gasteiger charge is 2.22. The van der Waals surface area contributed by atoms with Gasteiger partial charge < -0.3 is 9.84 Å². The normalized spacial score (nSPS) is 10.9. The number of benzene rings is 2. The Morgan fingerprint density at radius 3 is 2.50 bits per heavy atom. The average molecular weight is 400 g/mol. The maximum absolute atomic E-state index is 12.6. The van der Waals surface area contributed by atoms with E-state index in [9.17, 15) is 14.7 Å². The molecule has 0 spiro atoms. The van der Waals surface area contributed by atoms with Crippen LogP contribution >= 0.6 is 0 Å². The summed E-state index contributed by atoms with van der Waals surface area (Å²) < 4.78 is 5.87. The van der Waals surface area contributed by atoms with Crippen molar-refractivity contribution in [2.24, 2.45) is 7.05 Å². The number of aromatic nitrogens is 2. The van der Waals surface area contributed by atoms with Gasteiger partial charge in [-0.3, -0.25) is 9.36 Å². The summed E-state index contributed by atoms with van der Waals surface area (Å²) in [6.45, 7) is 0. The number of pyridine rings is 2. The van der Waals surface area contributed by atoms with Gasteiger partial charge in [-0.2, -0.15) is 0 Å². The number of hydrogen-bond acceptors (Lipinski definition) is 5. The number of aryl methyl sites for hydroxylation is 1. The zero-order valence-electron chi connectivity index (χ0n) is 16.6. The maximum atomic E-state index is 12.6. The first kappa shape index (κ1) is 19.4. The number of hydrogen-bond donors (Lipinski definition) is 1. The van der Waals surface area contributed by atoms with Crippen molar-refractivity contribution in [2.75, 3.05) is 7.11 Å². The smallest absolute Gasteiger partial charge is 0.347 e. The van der Waals surface area contributed by atoms with Crippen LogP contribution < -0.4 is 5.56 Å². The lowest BCUT2D eigenvalue weighted by molar-refractivity contribution is 0.0595. The Kier molecular flexibility index (Phi) is 5.06. The van der Waals surface area contributed by atoms with Crippen LogP contribution in [0.25, 0.3) is 22.3 Å². The topological polar surface area (TPSA) is 81.4 Å². The van der Waals surface area contributed by atoms with Crippen LogP contribution in [0.3, 0.4) is 0 Å². The molecule has 6 nitrogen and oxygen atoms in total. The Morgan fingerprint density at radius 1 is 1.03 bits per heavy atom. The molecule has 0 saturated heterocycles. The standard InChI is InChI=1S/C24H20N2O4/c1-26-22-18(21(27)20(23(26)28)24(29)30-2)11-12-19(25-22)17-10-6-9-16(14-17)13-15-7-4-3-5-8-15/h3-12,14,27H,13H2,1-2H3. The molecule has 0 bridgehead atoms. The second-order valence-corrected chi connectivity index (χ2v) is 7.01. The Bertz CT molecular complexity index is 1310. The van der Waals surface area contributed by atoms with E-state index in [1.165, 1.54) is 17.2 Å². The first-order valence-electron chi connectivity index (χ1n) is 9.44. The highest BCUT2D eigenvalue weighted by molar-refractivity contribution is 5.99. The molecule has 0 aliphatic carbocycles. The summed E-state index contributed by atoms with van der Waals surface area (Å²) in [6.07, 6.45) is 0.796. The monoisotopic (exact) mass is 400 g/mol. The summed E-state index contributed by atoms with van der Waals surface area (Å²) >= 11 is 0. The van der Waals surface area contributed by atoms with E-state index >= 15 is 0 Å². The van der Waals surface area contributed by atoms with Gasteiger partial charge in [-0.1, -0.05) is 48.5 Å². The second-order valence-electron chi connectivity index (χ2n) is 7.01. The molecule has 0 aliphatic heterocycles. The number of esters is 1. The molecule has 1 N–H and O–H groups in total. The Hall–Kier alpha value is -3.93. The summed E-state index contributed by atoms with van der Waals surface area (Å²) in [6, 6.07) is 21.6. The molecule has 30 heavy (non-hydrogen) atoms. The fourth-order valence-corrected chi connectivity index (χ4v) is 3.51. The molecule has 150 valence electrons. The molecule has 0 radical (unpaired) electrons. The van der Waals surface area contributed by atoms with Crippen LogP contribution in [-0.4, -0.2) is 27.7 Å². The number of carbonyl (C=O) groups excluding carboxylic acids is 1. The van der Waals surface area contributed by atoms with E-state index in [2.05, 4.69) is 34.0 Å². The van der Waals surface area contributed by atoms with Crippen LogP contribution in [0, 0.1) is 0 Å². The zero-order chi connectivity index (χ0) is 21.3. The quantitative estimate of drug-likeness (QED) is 0.529. The minimum atomic E-state index is -0.882. The van der Waals surface area contributed by atoms with Crippen molar-refractivity contribution >= 4 is 17.0 Å². The molecule has 4 rings (SSSR count). The highest BCUT2D eigenvalue weighted by atomic mass is 16.5. The molecule has 2 aromatic heterocycles. The molecule has 0 saturated carbocycles. The fourth-order valence-electron chi connectivity index (χ4n) is 3.51. The number of rotatable bonds is 4. The van der Waals surface area contributed by atoms with Gasteiger partial charge in [0.15, 0.2) is 5.56 Å². The van der Waals surface area contributed by atoms with E-state index in [1.54, 1.807) is 12.1 Å². The number of fused-ring (bicyclic) bond motifs is 1. The van der Waals surface area contributed by atoms with Gasteiger partial charge in [-0.25, -0.2) is 9.78 Å². The van der Waals surface area contributed by atoms with Crippen LogP contribution in [0.1, 0.15) is 21.5 Å². The molecular formula is C24H20N2O4. The first-order chi connectivity index (χ1) is 14.5. The third kappa shape index (κ3) is 3.43. The van der Waals surface area contributed by atoms with E-state index in [1.807, 2.05) is 30.3 Å². The first-order valence-corrected chi connectivity index (χ1v) is 9.44. The third-order valence-electron chi connectivity index (χ3n) is 5.07. The van der Waals surface area contributed by atoms with Crippen molar-refractivity contribution in [1.82, 2.24) is 9.55 Å². The molecule has 6 heteroatoms. The third-order valence-corrected chi connectivity index (χ3v) is 5.07. The number of aromatic hydroxyl groups is 1. The van der Waals surface area contributed by atoms with Crippen LogP contribution in [-0.2, 0) is 18.2 Å². The van der Waals surface area contributed by atoms with Gasteiger partial charge in [-0.15, -0.1) is 0 Å². The minimum absolute atomic E-state index is 0.288. The summed E-state index contributed by atoms with van der Waals surface area (Å²) in [4.78, 5) is 29.1. The molecule has 4 aromatic rings. The second kappa shape index (κ2) is 7.83. The van der Waals surface area contributed by atoms with Crippen LogP contribution in [0.5, 0.6) is 5.75 Å². The lowest BCUT2D eigenvalue weighted by Gasteiger charge is -2.12. The van der Waals surface area contributed by atoms with Gasteiger partial charge >= 0.3 is 5.97 Å². The van der Waals surface area contributed by atoms with Crippen molar-refractivity contribution in [3.8, 4) is 17.0 Å². The van der Waals surface area contributed by atoms with E-state index < -0.39 is 22.8 Å². The fraction of sp³-hybridized carbons (Fsp3) is 0.125. The van der Waals surface area contributed by atoms with Crippen LogP contribution in [0.15, 0.2) is 71.5 Å².